The van der Waals surface area contributed by atoms with E-state index in [4.69, 9.17) is 16.2 Å². The van der Waals surface area contributed by atoms with Crippen LogP contribution in [0.25, 0.3) is 11.1 Å². The van der Waals surface area contributed by atoms with Crippen molar-refractivity contribution in [1.29, 1.82) is 5.26 Å². The summed E-state index contributed by atoms with van der Waals surface area (Å²) in [5.41, 5.74) is 10.5. The number of nitrogens with two attached hydrogens (primary N) is 1. The van der Waals surface area contributed by atoms with Crippen molar-refractivity contribution < 1.29 is 10.0 Å². The van der Waals surface area contributed by atoms with Crippen LogP contribution in [0, 0.1) is 17.2 Å². The molecule has 1 heterocycles. The summed E-state index contributed by atoms with van der Waals surface area (Å²) < 4.78 is 0. The standard InChI is InChI=1S/C22H18N4O2S/c23-10-16-11-29-12-20(16)13-4-6-17(7-5-13)25-22(27)19-9-18(19)14-2-1-3-15(8-14)21(24)26-28/h1-8,11-12,18-19,28H,9H2,(H2,24,26)(H,25,27). The maximum atomic E-state index is 12.6. The fourth-order valence-electron chi connectivity index (χ4n) is 3.41. The number of hydrogen-bond acceptors (Lipinski definition) is 5. The first-order valence-electron chi connectivity index (χ1n) is 9.06. The van der Waals surface area contributed by atoms with Gasteiger partial charge in [-0.2, -0.15) is 16.6 Å². The molecule has 1 aliphatic rings. The second kappa shape index (κ2) is 7.78. The Kier molecular flexibility index (Phi) is 5.02. The number of carbonyl (C=O) groups excluding carboxylic acids is 1. The smallest absolute Gasteiger partial charge is 0.228 e. The van der Waals surface area contributed by atoms with Crippen molar-refractivity contribution in [3.63, 3.8) is 0 Å². The molecule has 1 amide bonds. The Balaban J connectivity index is 1.42. The van der Waals surface area contributed by atoms with Crippen LogP contribution in [0.1, 0.15) is 29.0 Å². The van der Waals surface area contributed by atoms with Gasteiger partial charge in [-0.05, 0) is 47.0 Å². The third kappa shape index (κ3) is 3.84. The fraction of sp³-hybridized carbons (Fsp3) is 0.136. The molecule has 1 aliphatic carbocycles. The highest BCUT2D eigenvalue weighted by Gasteiger charge is 2.44. The molecule has 2 aromatic carbocycles. The van der Waals surface area contributed by atoms with Gasteiger partial charge in [0.1, 0.15) is 6.07 Å². The van der Waals surface area contributed by atoms with E-state index in [2.05, 4.69) is 16.5 Å². The van der Waals surface area contributed by atoms with Crippen molar-refractivity contribution in [3.05, 3.63) is 76.0 Å². The zero-order chi connectivity index (χ0) is 20.4. The number of rotatable bonds is 5. The molecule has 0 aliphatic heterocycles. The molecule has 1 saturated carbocycles. The fourth-order valence-corrected chi connectivity index (χ4v) is 4.20. The Morgan fingerprint density at radius 2 is 2.03 bits per heavy atom. The van der Waals surface area contributed by atoms with Gasteiger partial charge in [0.25, 0.3) is 0 Å². The first kappa shape index (κ1) is 18.7. The number of nitrogens with one attached hydrogen (secondary N) is 1. The van der Waals surface area contributed by atoms with Gasteiger partial charge in [-0.25, -0.2) is 0 Å². The lowest BCUT2D eigenvalue weighted by Crippen LogP contribution is -2.15. The Morgan fingerprint density at radius 3 is 2.76 bits per heavy atom. The Bertz CT molecular complexity index is 1130. The Morgan fingerprint density at radius 1 is 1.24 bits per heavy atom. The molecule has 29 heavy (non-hydrogen) atoms. The summed E-state index contributed by atoms with van der Waals surface area (Å²) in [6, 6.07) is 17.1. The van der Waals surface area contributed by atoms with E-state index in [1.165, 1.54) is 11.3 Å². The minimum Gasteiger partial charge on any atom is -0.409 e. The van der Waals surface area contributed by atoms with Gasteiger partial charge in [0, 0.05) is 28.1 Å². The predicted molar refractivity (Wildman–Crippen MR) is 113 cm³/mol. The molecular formula is C22H18N4O2S. The zero-order valence-electron chi connectivity index (χ0n) is 15.4. The lowest BCUT2D eigenvalue weighted by molar-refractivity contribution is -0.117. The van der Waals surface area contributed by atoms with Gasteiger partial charge in [0.15, 0.2) is 5.84 Å². The molecular weight excluding hydrogens is 384 g/mol. The average Bonchev–Trinajstić information content (AvgIpc) is 3.43. The highest BCUT2D eigenvalue weighted by Crippen LogP contribution is 2.48. The first-order chi connectivity index (χ1) is 14.1. The Hall–Kier alpha value is -3.63. The van der Waals surface area contributed by atoms with Crippen molar-refractivity contribution in [2.75, 3.05) is 5.32 Å². The molecule has 2 unspecified atom stereocenters. The molecule has 0 bridgehead atoms. The lowest BCUT2D eigenvalue weighted by atomic mass is 10.0. The summed E-state index contributed by atoms with van der Waals surface area (Å²) in [5, 5.41) is 27.8. The molecule has 0 radical (unpaired) electrons. The van der Waals surface area contributed by atoms with E-state index in [9.17, 15) is 4.79 Å². The molecule has 7 heteroatoms. The molecule has 3 aromatic rings. The van der Waals surface area contributed by atoms with Crippen molar-refractivity contribution in [3.8, 4) is 17.2 Å². The van der Waals surface area contributed by atoms with E-state index < -0.39 is 0 Å². The second-order valence-electron chi connectivity index (χ2n) is 6.94. The SMILES string of the molecule is N#Cc1cscc1-c1ccc(NC(=O)C2CC2c2cccc(/C(N)=N/O)c2)cc1. The topological polar surface area (TPSA) is 112 Å². The van der Waals surface area contributed by atoms with Crippen molar-refractivity contribution in [2.24, 2.45) is 16.8 Å². The zero-order valence-corrected chi connectivity index (χ0v) is 16.2. The minimum absolute atomic E-state index is 0.0230. The van der Waals surface area contributed by atoms with Crippen LogP contribution in [0.2, 0.25) is 0 Å². The molecule has 0 saturated heterocycles. The van der Waals surface area contributed by atoms with Gasteiger partial charge in [-0.15, -0.1) is 0 Å². The van der Waals surface area contributed by atoms with E-state index in [-0.39, 0.29) is 23.6 Å². The van der Waals surface area contributed by atoms with Gasteiger partial charge in [0.05, 0.1) is 5.56 Å². The minimum atomic E-state index is -0.0979. The number of hydrogen-bond donors (Lipinski definition) is 3. The maximum absolute atomic E-state index is 12.6. The van der Waals surface area contributed by atoms with Gasteiger partial charge in [-0.1, -0.05) is 35.5 Å². The van der Waals surface area contributed by atoms with E-state index in [0.29, 0.717) is 11.1 Å². The number of benzene rings is 2. The van der Waals surface area contributed by atoms with Crippen molar-refractivity contribution in [1.82, 2.24) is 0 Å². The van der Waals surface area contributed by atoms with Gasteiger partial charge in [0.2, 0.25) is 5.91 Å². The maximum Gasteiger partial charge on any atom is 0.228 e. The van der Waals surface area contributed by atoms with Crippen LogP contribution in [0.5, 0.6) is 0 Å². The van der Waals surface area contributed by atoms with Gasteiger partial charge in [-0.3, -0.25) is 4.79 Å². The summed E-state index contributed by atoms with van der Waals surface area (Å²) in [5.74, 6) is 0.0629. The van der Waals surface area contributed by atoms with Crippen LogP contribution in [-0.2, 0) is 4.79 Å². The third-order valence-electron chi connectivity index (χ3n) is 5.09. The normalized spacial score (nSPS) is 18.1. The van der Waals surface area contributed by atoms with E-state index in [1.807, 2.05) is 53.2 Å². The number of amides is 1. The van der Waals surface area contributed by atoms with E-state index >= 15 is 0 Å². The van der Waals surface area contributed by atoms with Crippen LogP contribution >= 0.6 is 11.3 Å². The molecule has 144 valence electrons. The summed E-state index contributed by atoms with van der Waals surface area (Å²) in [6.45, 7) is 0. The number of oxime groups is 1. The van der Waals surface area contributed by atoms with Gasteiger partial charge < -0.3 is 16.3 Å². The Labute approximate surface area is 171 Å². The largest absolute Gasteiger partial charge is 0.409 e. The quantitative estimate of drug-likeness (QED) is 0.258. The van der Waals surface area contributed by atoms with Gasteiger partial charge >= 0.3 is 0 Å². The highest BCUT2D eigenvalue weighted by atomic mass is 32.1. The first-order valence-corrected chi connectivity index (χ1v) is 10.0. The van der Waals surface area contributed by atoms with Crippen LogP contribution < -0.4 is 11.1 Å². The predicted octanol–water partition coefficient (Wildman–Crippen LogP) is 4.12. The number of anilines is 1. The number of nitriles is 1. The monoisotopic (exact) mass is 402 g/mol. The van der Waals surface area contributed by atoms with E-state index in [1.54, 1.807) is 6.07 Å². The van der Waals surface area contributed by atoms with Crippen LogP contribution in [0.15, 0.2) is 64.4 Å². The molecule has 1 aromatic heterocycles. The summed E-state index contributed by atoms with van der Waals surface area (Å²) in [4.78, 5) is 12.6. The molecule has 2 atom stereocenters. The third-order valence-corrected chi connectivity index (χ3v) is 5.83. The molecule has 4 rings (SSSR count). The summed E-state index contributed by atoms with van der Waals surface area (Å²) in [7, 11) is 0. The van der Waals surface area contributed by atoms with Crippen LogP contribution in [0.3, 0.4) is 0 Å². The highest BCUT2D eigenvalue weighted by molar-refractivity contribution is 7.08. The van der Waals surface area contributed by atoms with Crippen LogP contribution in [0.4, 0.5) is 5.69 Å². The molecule has 1 fully saturated rings. The summed E-state index contributed by atoms with van der Waals surface area (Å²) in [6.07, 6.45) is 0.768. The molecule has 0 spiro atoms. The molecule has 4 N–H and O–H groups in total. The average molecular weight is 402 g/mol. The summed E-state index contributed by atoms with van der Waals surface area (Å²) >= 11 is 1.49. The second-order valence-corrected chi connectivity index (χ2v) is 7.68. The van der Waals surface area contributed by atoms with Crippen molar-refractivity contribution >= 4 is 28.8 Å². The van der Waals surface area contributed by atoms with E-state index in [0.717, 1.165) is 28.8 Å². The number of nitrogens with zero attached hydrogens (tertiary/aromatic N) is 2. The number of thiophene rings is 1. The lowest BCUT2D eigenvalue weighted by Gasteiger charge is -2.07. The van der Waals surface area contributed by atoms with Crippen molar-refractivity contribution in [2.45, 2.75) is 12.3 Å². The molecule has 6 nitrogen and oxygen atoms in total. The number of carbonyl (C=O) groups is 1. The number of amidine groups is 1. The van der Waals surface area contributed by atoms with Crippen LogP contribution in [-0.4, -0.2) is 17.0 Å².